The van der Waals surface area contributed by atoms with E-state index in [1.807, 2.05) is 0 Å². The molecule has 40 heavy (non-hydrogen) atoms. The van der Waals surface area contributed by atoms with Gasteiger partial charge in [-0.05, 0) is 31.4 Å². The zero-order valence-corrected chi connectivity index (χ0v) is 23.9. The first-order valence-corrected chi connectivity index (χ1v) is 15.4. The monoisotopic (exact) mass is 591 g/mol. The summed E-state index contributed by atoms with van der Waals surface area (Å²) < 4.78 is 45.1. The Bertz CT molecular complexity index is 1450. The van der Waals surface area contributed by atoms with Crippen molar-refractivity contribution in [3.63, 3.8) is 0 Å². The topological polar surface area (TPSA) is 134 Å². The molecule has 0 amide bonds. The SMILES string of the molecule is COc1cc(S(=O)(=O)N2CCC(N3CCOCC3)CC2)ccc1Nc1nc(N[C@@H]2CCOC2)c2c(Cl)c[nH]c2n1. The Morgan fingerprint density at radius 3 is 2.60 bits per heavy atom. The number of H-pyrrole nitrogens is 1. The number of nitrogens with one attached hydrogen (secondary N) is 3. The third-order valence-corrected chi connectivity index (χ3v) is 9.99. The number of benzene rings is 1. The second-order valence-electron chi connectivity index (χ2n) is 10.2. The number of hydrogen-bond donors (Lipinski definition) is 3. The number of sulfonamides is 1. The maximum absolute atomic E-state index is 13.5. The number of piperidine rings is 1. The van der Waals surface area contributed by atoms with Gasteiger partial charge in [0.25, 0.3) is 0 Å². The number of halogens is 1. The van der Waals surface area contributed by atoms with Gasteiger partial charge in [-0.3, -0.25) is 4.90 Å². The largest absolute Gasteiger partial charge is 0.495 e. The van der Waals surface area contributed by atoms with Gasteiger partial charge in [0.15, 0.2) is 0 Å². The average Bonchev–Trinajstić information content (AvgIpc) is 3.63. The highest BCUT2D eigenvalue weighted by Crippen LogP contribution is 2.34. The van der Waals surface area contributed by atoms with Crippen molar-refractivity contribution in [2.45, 2.75) is 36.2 Å². The van der Waals surface area contributed by atoms with Crippen LogP contribution >= 0.6 is 11.6 Å². The van der Waals surface area contributed by atoms with Gasteiger partial charge in [0.2, 0.25) is 16.0 Å². The van der Waals surface area contributed by atoms with E-state index in [0.29, 0.717) is 71.6 Å². The number of rotatable bonds is 8. The van der Waals surface area contributed by atoms with Crippen LogP contribution in [0.25, 0.3) is 11.0 Å². The van der Waals surface area contributed by atoms with E-state index in [9.17, 15) is 8.42 Å². The Balaban J connectivity index is 1.20. The van der Waals surface area contributed by atoms with Gasteiger partial charge >= 0.3 is 0 Å². The second-order valence-corrected chi connectivity index (χ2v) is 12.6. The van der Waals surface area contributed by atoms with Crippen molar-refractivity contribution in [2.75, 3.05) is 70.3 Å². The van der Waals surface area contributed by atoms with E-state index < -0.39 is 10.0 Å². The summed E-state index contributed by atoms with van der Waals surface area (Å²) in [6.07, 6.45) is 4.15. The predicted octanol–water partition coefficient (Wildman–Crippen LogP) is 3.05. The summed E-state index contributed by atoms with van der Waals surface area (Å²) >= 11 is 6.40. The first-order valence-electron chi connectivity index (χ1n) is 13.6. The van der Waals surface area contributed by atoms with Gasteiger partial charge in [0.1, 0.15) is 17.2 Å². The van der Waals surface area contributed by atoms with E-state index in [1.165, 1.54) is 7.11 Å². The summed E-state index contributed by atoms with van der Waals surface area (Å²) in [5, 5.41) is 7.81. The lowest BCUT2D eigenvalue weighted by Gasteiger charge is -2.39. The number of fused-ring (bicyclic) bond motifs is 1. The van der Waals surface area contributed by atoms with Crippen molar-refractivity contribution in [3.05, 3.63) is 29.4 Å². The van der Waals surface area contributed by atoms with Crippen molar-refractivity contribution in [1.82, 2.24) is 24.2 Å². The van der Waals surface area contributed by atoms with E-state index >= 15 is 0 Å². The first kappa shape index (κ1) is 27.5. The highest BCUT2D eigenvalue weighted by atomic mass is 35.5. The fourth-order valence-corrected chi connectivity index (χ4v) is 7.31. The minimum absolute atomic E-state index is 0.120. The molecular formula is C26H34ClN7O5S. The van der Waals surface area contributed by atoms with Crippen LogP contribution in [0.15, 0.2) is 29.3 Å². The molecule has 0 aliphatic carbocycles. The summed E-state index contributed by atoms with van der Waals surface area (Å²) in [7, 11) is -2.17. The number of methoxy groups -OCH3 is 1. The van der Waals surface area contributed by atoms with Crippen molar-refractivity contribution < 1.29 is 22.6 Å². The van der Waals surface area contributed by atoms with Crippen molar-refractivity contribution in [1.29, 1.82) is 0 Å². The molecule has 6 rings (SSSR count). The Morgan fingerprint density at radius 1 is 1.07 bits per heavy atom. The van der Waals surface area contributed by atoms with Gasteiger partial charge < -0.3 is 29.8 Å². The van der Waals surface area contributed by atoms with E-state index in [0.717, 1.165) is 45.6 Å². The molecule has 3 N–H and O–H groups in total. The fraction of sp³-hybridized carbons (Fsp3) is 0.538. The highest BCUT2D eigenvalue weighted by Gasteiger charge is 2.32. The van der Waals surface area contributed by atoms with Crippen molar-refractivity contribution in [3.8, 4) is 5.75 Å². The summed E-state index contributed by atoms with van der Waals surface area (Å²) in [5.74, 6) is 1.27. The van der Waals surface area contributed by atoms with Gasteiger partial charge in [-0.1, -0.05) is 11.6 Å². The number of ether oxygens (including phenoxy) is 3. The molecule has 14 heteroatoms. The molecular weight excluding hydrogens is 558 g/mol. The molecule has 5 heterocycles. The Labute approximate surface area is 238 Å². The Morgan fingerprint density at radius 2 is 1.88 bits per heavy atom. The third kappa shape index (κ3) is 5.58. The number of hydrogen-bond acceptors (Lipinski definition) is 10. The number of anilines is 3. The van der Waals surface area contributed by atoms with Gasteiger partial charge in [-0.15, -0.1) is 0 Å². The van der Waals surface area contributed by atoms with Crippen LogP contribution in [0.4, 0.5) is 17.5 Å². The van der Waals surface area contributed by atoms with E-state index in [4.69, 9.17) is 25.8 Å². The molecule has 3 aliphatic heterocycles. The summed E-state index contributed by atoms with van der Waals surface area (Å²) in [6, 6.07) is 5.33. The molecule has 0 bridgehead atoms. The van der Waals surface area contributed by atoms with E-state index in [1.54, 1.807) is 28.7 Å². The lowest BCUT2D eigenvalue weighted by molar-refractivity contribution is 0.00610. The molecule has 0 radical (unpaired) electrons. The molecule has 1 aromatic carbocycles. The molecule has 3 aliphatic rings. The molecule has 216 valence electrons. The van der Waals surface area contributed by atoms with Crippen LogP contribution in [0.3, 0.4) is 0 Å². The van der Waals surface area contributed by atoms with Crippen LogP contribution < -0.4 is 15.4 Å². The standard InChI is InChI=1S/C26H34ClN7O5S/c1-37-22-14-19(40(35,36)34-7-4-18(5-8-34)33-9-12-38-13-10-33)2-3-21(22)30-26-31-24-23(20(27)15-28-24)25(32-26)29-17-6-11-39-16-17/h2-3,14-15,17-18H,4-13,16H2,1H3,(H3,28,29,30,31,32)/t17-/m1/s1. The minimum Gasteiger partial charge on any atom is -0.495 e. The van der Waals surface area contributed by atoms with Gasteiger partial charge in [0, 0.05) is 51.1 Å². The highest BCUT2D eigenvalue weighted by molar-refractivity contribution is 7.89. The van der Waals surface area contributed by atoms with Gasteiger partial charge in [0.05, 0.1) is 54.0 Å². The summed E-state index contributed by atoms with van der Waals surface area (Å²) in [4.78, 5) is 14.9. The maximum atomic E-state index is 13.5. The predicted molar refractivity (Wildman–Crippen MR) is 152 cm³/mol. The molecule has 1 atom stereocenters. The molecule has 3 saturated heterocycles. The van der Waals surface area contributed by atoms with Crippen LogP contribution in [-0.2, 0) is 19.5 Å². The van der Waals surface area contributed by atoms with Crippen LogP contribution in [0.1, 0.15) is 19.3 Å². The third-order valence-electron chi connectivity index (χ3n) is 7.80. The van der Waals surface area contributed by atoms with Crippen LogP contribution in [0.5, 0.6) is 5.75 Å². The quantitative estimate of drug-likeness (QED) is 0.359. The van der Waals surface area contributed by atoms with Crippen LogP contribution in [0, 0.1) is 0 Å². The lowest BCUT2D eigenvalue weighted by Crippen LogP contribution is -2.50. The Hall–Kier alpha value is -2.68. The number of aromatic nitrogens is 3. The van der Waals surface area contributed by atoms with Crippen molar-refractivity contribution in [2.24, 2.45) is 0 Å². The summed E-state index contributed by atoms with van der Waals surface area (Å²) in [5.41, 5.74) is 1.11. The Kier molecular flexibility index (Phi) is 8.02. The number of nitrogens with zero attached hydrogens (tertiary/aromatic N) is 4. The van der Waals surface area contributed by atoms with Crippen LogP contribution in [-0.4, -0.2) is 104 Å². The average molecular weight is 592 g/mol. The molecule has 0 spiro atoms. The van der Waals surface area contributed by atoms with Crippen LogP contribution in [0.2, 0.25) is 5.02 Å². The zero-order chi connectivity index (χ0) is 27.7. The molecule has 3 aromatic rings. The molecule has 12 nitrogen and oxygen atoms in total. The number of aromatic amines is 1. The van der Waals surface area contributed by atoms with Crippen molar-refractivity contribution >= 4 is 50.1 Å². The molecule has 3 fully saturated rings. The summed E-state index contributed by atoms with van der Waals surface area (Å²) in [6.45, 7) is 5.54. The van der Waals surface area contributed by atoms with E-state index in [-0.39, 0.29) is 10.9 Å². The maximum Gasteiger partial charge on any atom is 0.243 e. The van der Waals surface area contributed by atoms with Gasteiger partial charge in [-0.25, -0.2) is 8.42 Å². The fourth-order valence-electron chi connectivity index (χ4n) is 5.59. The van der Waals surface area contributed by atoms with Gasteiger partial charge in [-0.2, -0.15) is 14.3 Å². The van der Waals surface area contributed by atoms with E-state index in [2.05, 4.69) is 30.5 Å². The molecule has 2 aromatic heterocycles. The molecule has 0 saturated carbocycles. The number of morpholine rings is 1. The zero-order valence-electron chi connectivity index (χ0n) is 22.4. The first-order chi connectivity index (χ1) is 19.4. The minimum atomic E-state index is -3.68. The second kappa shape index (κ2) is 11.7. The smallest absolute Gasteiger partial charge is 0.243 e. The lowest BCUT2D eigenvalue weighted by atomic mass is 10.0. The molecule has 0 unspecified atom stereocenters. The normalized spacial score (nSPS) is 21.6.